The van der Waals surface area contributed by atoms with Crippen LogP contribution in [0.4, 0.5) is 0 Å². The van der Waals surface area contributed by atoms with E-state index >= 15 is 0 Å². The third-order valence-electron chi connectivity index (χ3n) is 4.91. The highest BCUT2D eigenvalue weighted by molar-refractivity contribution is 5.81. The fourth-order valence-corrected chi connectivity index (χ4v) is 2.81. The van der Waals surface area contributed by atoms with Crippen molar-refractivity contribution in [3.8, 4) is 0 Å². The predicted octanol–water partition coefficient (Wildman–Crippen LogP) is -9.20. The Morgan fingerprint density at radius 1 is 0.839 bits per heavy atom. The van der Waals surface area contributed by atoms with Crippen LogP contribution in [0, 0.1) is 5.41 Å². The first-order valence-corrected chi connectivity index (χ1v) is 10.1. The quantitative estimate of drug-likeness (QED) is 0.180. The van der Waals surface area contributed by atoms with Gasteiger partial charge in [-0.05, 0) is 6.42 Å². The summed E-state index contributed by atoms with van der Waals surface area (Å²) in [6.07, 6.45) is 0.330. The topological polar surface area (TPSA) is 78.4 Å². The van der Waals surface area contributed by atoms with Gasteiger partial charge in [0.05, 0.1) is 49.3 Å². The zero-order valence-electron chi connectivity index (χ0n) is 21.1. The van der Waals surface area contributed by atoms with Gasteiger partial charge in [-0.25, -0.2) is 0 Å². The molecule has 0 bridgehead atoms. The Bertz CT molecular complexity index is 539. The van der Waals surface area contributed by atoms with E-state index in [1.54, 1.807) is 0 Å². The van der Waals surface area contributed by atoms with Crippen molar-refractivity contribution in [3.05, 3.63) is 0 Å². The lowest BCUT2D eigenvalue weighted by Gasteiger charge is -2.35. The molecule has 0 spiro atoms. The molecule has 0 aromatic heterocycles. The van der Waals surface area contributed by atoms with Crippen molar-refractivity contribution in [2.75, 3.05) is 82.3 Å². The van der Waals surface area contributed by atoms with Crippen LogP contribution in [0.3, 0.4) is 0 Å². The molecule has 8 nitrogen and oxygen atoms in total. The van der Waals surface area contributed by atoms with E-state index in [-0.39, 0.29) is 55.6 Å². The van der Waals surface area contributed by atoms with Gasteiger partial charge >= 0.3 is 0 Å². The van der Waals surface area contributed by atoms with Crippen molar-refractivity contribution in [2.24, 2.45) is 5.41 Å². The Kier molecular flexibility index (Phi) is 18.0. The molecule has 0 aliphatic rings. The number of aliphatic hydroxyl groups is 1. The predicted molar refractivity (Wildman–Crippen MR) is 113 cm³/mol. The van der Waals surface area contributed by atoms with E-state index in [2.05, 4.69) is 10.6 Å². The van der Waals surface area contributed by atoms with Gasteiger partial charge in [0.25, 0.3) is 5.91 Å². The fourth-order valence-electron chi connectivity index (χ4n) is 2.81. The SMILES string of the molecule is CCC(C)(C)C(=O)NC[N+](C)(C)CC(=O)NC[N+](C)(C)CC(O)C[N+](C)(C)C.[Cl-].[Cl-].[Cl-]. The Labute approximate surface area is 208 Å². The molecule has 0 aromatic rings. The second-order valence-electron chi connectivity index (χ2n) is 11.0. The molecular weight excluding hydrogens is 465 g/mol. The first-order chi connectivity index (χ1) is 12.4. The van der Waals surface area contributed by atoms with Crippen molar-refractivity contribution in [1.82, 2.24) is 10.6 Å². The molecule has 31 heavy (non-hydrogen) atoms. The maximum Gasteiger partial charge on any atom is 0.279 e. The molecule has 0 rings (SSSR count). The van der Waals surface area contributed by atoms with Gasteiger partial charge in [-0.1, -0.05) is 20.8 Å². The summed E-state index contributed by atoms with van der Waals surface area (Å²) < 4.78 is 1.57. The number of carbonyl (C=O) groups is 2. The lowest BCUT2D eigenvalue weighted by atomic mass is 9.89. The van der Waals surface area contributed by atoms with Gasteiger partial charge in [0, 0.05) is 5.41 Å². The highest BCUT2D eigenvalue weighted by atomic mass is 35.5. The highest BCUT2D eigenvalue weighted by Gasteiger charge is 2.29. The smallest absolute Gasteiger partial charge is 0.279 e. The van der Waals surface area contributed by atoms with E-state index in [0.29, 0.717) is 39.9 Å². The molecule has 2 amide bonds. The van der Waals surface area contributed by atoms with Gasteiger partial charge < -0.3 is 66.4 Å². The van der Waals surface area contributed by atoms with Gasteiger partial charge in [0.2, 0.25) is 5.91 Å². The molecule has 0 fully saturated rings. The molecule has 0 heterocycles. The summed E-state index contributed by atoms with van der Waals surface area (Å²) in [4.78, 5) is 24.6. The summed E-state index contributed by atoms with van der Waals surface area (Å²) in [5, 5.41) is 16.2. The first-order valence-electron chi connectivity index (χ1n) is 10.1. The van der Waals surface area contributed by atoms with Gasteiger partial charge in [-0.15, -0.1) is 0 Å². The third kappa shape index (κ3) is 17.8. The largest absolute Gasteiger partial charge is 1.00 e. The normalized spacial score (nSPS) is 13.1. The number of quaternary nitrogens is 3. The van der Waals surface area contributed by atoms with Crippen LogP contribution < -0.4 is 47.9 Å². The molecule has 11 heteroatoms. The van der Waals surface area contributed by atoms with Gasteiger partial charge in [-0.3, -0.25) is 9.59 Å². The van der Waals surface area contributed by atoms with Crippen LogP contribution in [0.15, 0.2) is 0 Å². The van der Waals surface area contributed by atoms with Crippen molar-refractivity contribution >= 4 is 11.8 Å². The number of nitrogens with one attached hydrogen (secondary N) is 2. The van der Waals surface area contributed by atoms with Crippen molar-refractivity contribution in [2.45, 2.75) is 33.3 Å². The number of hydrogen-bond acceptors (Lipinski definition) is 3. The molecule has 3 N–H and O–H groups in total. The molecule has 190 valence electrons. The Balaban J connectivity index is -0.00000121. The van der Waals surface area contributed by atoms with Crippen molar-refractivity contribution < 1.29 is 65.4 Å². The van der Waals surface area contributed by atoms with Crippen LogP contribution in [0.25, 0.3) is 0 Å². The van der Waals surface area contributed by atoms with Crippen LogP contribution in [-0.4, -0.2) is 119 Å². The van der Waals surface area contributed by atoms with Gasteiger partial charge in [0.15, 0.2) is 26.0 Å². The summed E-state index contributed by atoms with van der Waals surface area (Å²) in [7, 11) is 14.0. The van der Waals surface area contributed by atoms with Crippen LogP contribution in [0.2, 0.25) is 0 Å². The molecule has 0 radical (unpaired) electrons. The number of amides is 2. The van der Waals surface area contributed by atoms with Crippen LogP contribution >= 0.6 is 0 Å². The zero-order chi connectivity index (χ0) is 22.4. The molecule has 0 saturated heterocycles. The maximum absolute atomic E-state index is 12.4. The molecule has 0 aliphatic heterocycles. The fraction of sp³-hybridized carbons (Fsp3) is 0.900. The number of halogens is 3. The van der Waals surface area contributed by atoms with E-state index < -0.39 is 11.5 Å². The highest BCUT2D eigenvalue weighted by Crippen LogP contribution is 2.19. The van der Waals surface area contributed by atoms with E-state index in [1.807, 2.05) is 70.1 Å². The molecule has 0 aliphatic carbocycles. The maximum atomic E-state index is 12.4. The Morgan fingerprint density at radius 3 is 1.71 bits per heavy atom. The minimum atomic E-state index is -0.434. The summed E-state index contributed by atoms with van der Waals surface area (Å²) in [6.45, 7) is 8.17. The van der Waals surface area contributed by atoms with Crippen molar-refractivity contribution in [3.63, 3.8) is 0 Å². The van der Waals surface area contributed by atoms with E-state index in [1.165, 1.54) is 0 Å². The summed E-state index contributed by atoms with van der Waals surface area (Å²) in [6, 6.07) is 0. The van der Waals surface area contributed by atoms with E-state index in [9.17, 15) is 14.7 Å². The lowest BCUT2D eigenvalue weighted by Crippen LogP contribution is -3.00. The van der Waals surface area contributed by atoms with Crippen molar-refractivity contribution in [1.29, 1.82) is 0 Å². The minimum absolute atomic E-state index is 0. The number of rotatable bonds is 12. The third-order valence-corrected chi connectivity index (χ3v) is 4.91. The van der Waals surface area contributed by atoms with Gasteiger partial charge in [-0.2, -0.15) is 0 Å². The van der Waals surface area contributed by atoms with Gasteiger partial charge in [0.1, 0.15) is 13.1 Å². The zero-order valence-corrected chi connectivity index (χ0v) is 23.3. The first kappa shape index (κ1) is 37.9. The molecular formula is C20H46Cl3N5O3. The van der Waals surface area contributed by atoms with Crippen LogP contribution in [0.1, 0.15) is 27.2 Å². The summed E-state index contributed by atoms with van der Waals surface area (Å²) >= 11 is 0. The molecule has 0 aromatic carbocycles. The number of nitrogens with zero attached hydrogens (tertiary/aromatic N) is 3. The number of likely N-dealkylation sites (N-methyl/N-ethyl adjacent to an activating group) is 3. The van der Waals surface area contributed by atoms with Crippen LogP contribution in [0.5, 0.6) is 0 Å². The second kappa shape index (κ2) is 14.7. The number of hydrogen-bond donors (Lipinski definition) is 3. The molecule has 1 unspecified atom stereocenters. The summed E-state index contributed by atoms with van der Waals surface area (Å²) in [5.41, 5.74) is -0.406. The average molecular weight is 511 g/mol. The molecule has 0 saturated carbocycles. The van der Waals surface area contributed by atoms with Crippen LogP contribution in [-0.2, 0) is 9.59 Å². The monoisotopic (exact) mass is 509 g/mol. The molecule has 1 atom stereocenters. The number of carbonyl (C=O) groups excluding carboxylic acids is 2. The Hall–Kier alpha value is -0.350. The minimum Gasteiger partial charge on any atom is -1.00 e. The lowest BCUT2D eigenvalue weighted by molar-refractivity contribution is -0.908. The average Bonchev–Trinajstić information content (AvgIpc) is 2.47. The summed E-state index contributed by atoms with van der Waals surface area (Å²) in [5.74, 6) is -0.0630. The second-order valence-corrected chi connectivity index (χ2v) is 11.0. The standard InChI is InChI=1S/C20H44N5O3.3ClH/c1-11-20(2,3)19(28)22-16-25(9,10)14-18(27)21-15-24(7,8)13-17(26)12-23(4,5)6;;;/h17,26H,11-16H2,1-10H3;3*1H/q+1;;;/p-1. The Morgan fingerprint density at radius 2 is 1.29 bits per heavy atom. The van der Waals surface area contributed by atoms with E-state index in [0.717, 1.165) is 6.42 Å². The number of aliphatic hydroxyl groups excluding tert-OH is 1. The van der Waals surface area contributed by atoms with E-state index in [4.69, 9.17) is 0 Å².